The smallest absolute Gasteiger partial charge is 0.475 e. The summed E-state index contributed by atoms with van der Waals surface area (Å²) in [5.41, 5.74) is 2.06. The van der Waals surface area contributed by atoms with Crippen molar-refractivity contribution in [2.45, 2.75) is 50.1 Å². The topological polar surface area (TPSA) is 122 Å². The van der Waals surface area contributed by atoms with Crippen LogP contribution < -0.4 is 0 Å². The maximum atomic E-state index is 10.6. The zero-order valence-electron chi connectivity index (χ0n) is 19.8. The van der Waals surface area contributed by atoms with Crippen LogP contribution in [0.15, 0.2) is 48.8 Å². The van der Waals surface area contributed by atoms with E-state index in [1.165, 1.54) is 0 Å². The number of nitrogens with zero attached hydrogens (tertiary/aromatic N) is 3. The van der Waals surface area contributed by atoms with Crippen molar-refractivity contribution in [2.24, 2.45) is 0 Å². The van der Waals surface area contributed by atoms with Gasteiger partial charge >= 0.3 is 24.3 Å². The van der Waals surface area contributed by atoms with Crippen LogP contribution in [0.1, 0.15) is 24.2 Å². The summed E-state index contributed by atoms with van der Waals surface area (Å²) in [6.45, 7) is 4.16. The molecular weight excluding hydrogens is 528 g/mol. The number of ether oxygens (including phenoxy) is 2. The predicted octanol–water partition coefficient (Wildman–Crippen LogP) is 3.69. The van der Waals surface area contributed by atoms with E-state index in [0.717, 1.165) is 43.9 Å². The fraction of sp³-hybridized carbons (Fsp3) is 0.478. The van der Waals surface area contributed by atoms with E-state index in [0.29, 0.717) is 13.2 Å². The summed E-state index contributed by atoms with van der Waals surface area (Å²) in [5.74, 6) is -5.51. The van der Waals surface area contributed by atoms with E-state index in [9.17, 15) is 26.3 Å². The molecule has 0 bridgehead atoms. The normalized spacial score (nSPS) is 21.3. The van der Waals surface area contributed by atoms with E-state index in [-0.39, 0.29) is 11.7 Å². The Morgan fingerprint density at radius 3 is 1.97 bits per heavy atom. The lowest BCUT2D eigenvalue weighted by Gasteiger charge is -2.23. The number of carboxylic acids is 2. The van der Waals surface area contributed by atoms with Crippen molar-refractivity contribution in [3.8, 4) is 0 Å². The largest absolute Gasteiger partial charge is 0.490 e. The molecule has 0 amide bonds. The van der Waals surface area contributed by atoms with E-state index >= 15 is 0 Å². The van der Waals surface area contributed by atoms with Gasteiger partial charge in [-0.25, -0.2) is 9.59 Å². The highest BCUT2D eigenvalue weighted by molar-refractivity contribution is 5.73. The molecular formula is C23H25F6N3O6. The van der Waals surface area contributed by atoms with Crippen molar-refractivity contribution in [3.05, 3.63) is 60.2 Å². The number of aromatic nitrogens is 2. The molecule has 38 heavy (non-hydrogen) atoms. The third-order valence-electron chi connectivity index (χ3n) is 5.36. The van der Waals surface area contributed by atoms with Crippen LogP contribution in [-0.4, -0.2) is 80.8 Å². The van der Waals surface area contributed by atoms with Crippen LogP contribution in [0.5, 0.6) is 0 Å². The molecule has 2 fully saturated rings. The second kappa shape index (κ2) is 13.5. The van der Waals surface area contributed by atoms with Crippen molar-refractivity contribution in [3.63, 3.8) is 0 Å². The van der Waals surface area contributed by atoms with Gasteiger partial charge in [0.2, 0.25) is 0 Å². The average molecular weight is 553 g/mol. The lowest BCUT2D eigenvalue weighted by Crippen LogP contribution is -2.33. The number of likely N-dealkylation sites (tertiary alicyclic amines) is 1. The summed E-state index contributed by atoms with van der Waals surface area (Å²) < 4.78 is 75.6. The molecule has 2 aromatic rings. The number of hydrogen-bond acceptors (Lipinski definition) is 7. The number of hydrogen-bond donors (Lipinski definition) is 2. The first kappa shape index (κ1) is 30.9. The van der Waals surface area contributed by atoms with Gasteiger partial charge in [0, 0.05) is 38.4 Å². The molecule has 0 aromatic carbocycles. The maximum Gasteiger partial charge on any atom is 0.490 e. The van der Waals surface area contributed by atoms with Gasteiger partial charge < -0.3 is 19.7 Å². The van der Waals surface area contributed by atoms with Crippen molar-refractivity contribution in [2.75, 3.05) is 19.7 Å². The Morgan fingerprint density at radius 2 is 1.50 bits per heavy atom. The summed E-state index contributed by atoms with van der Waals surface area (Å²) in [7, 11) is 0. The highest BCUT2D eigenvalue weighted by Gasteiger charge is 2.46. The first-order valence-corrected chi connectivity index (χ1v) is 11.1. The molecule has 4 heterocycles. The Bertz CT molecular complexity index is 1000. The van der Waals surface area contributed by atoms with Crippen molar-refractivity contribution in [1.82, 2.24) is 14.9 Å². The second-order valence-electron chi connectivity index (χ2n) is 8.34. The molecule has 9 nitrogen and oxygen atoms in total. The second-order valence-corrected chi connectivity index (χ2v) is 8.34. The number of carboxylic acid groups (broad SMARTS) is 2. The van der Waals surface area contributed by atoms with Crippen LogP contribution in [0.4, 0.5) is 26.3 Å². The molecule has 210 valence electrons. The molecule has 2 aliphatic heterocycles. The minimum atomic E-state index is -5.08. The monoisotopic (exact) mass is 553 g/mol. The van der Waals surface area contributed by atoms with Gasteiger partial charge in [0.15, 0.2) is 0 Å². The van der Waals surface area contributed by atoms with Crippen LogP contribution in [0, 0.1) is 0 Å². The summed E-state index contributed by atoms with van der Waals surface area (Å²) in [6, 6.07) is 12.0. The van der Waals surface area contributed by atoms with Gasteiger partial charge in [-0.05, 0) is 30.7 Å². The summed E-state index contributed by atoms with van der Waals surface area (Å²) in [5, 5.41) is 14.2. The lowest BCUT2D eigenvalue weighted by molar-refractivity contribution is -0.193. The number of carbonyl (C=O) groups is 2. The first-order chi connectivity index (χ1) is 17.7. The Hall–Kier alpha value is -3.30. The fourth-order valence-corrected chi connectivity index (χ4v) is 3.66. The van der Waals surface area contributed by atoms with Crippen molar-refractivity contribution < 1.29 is 55.6 Å². The minimum absolute atomic E-state index is 0.0381. The maximum absolute atomic E-state index is 10.6. The molecule has 15 heteroatoms. The van der Waals surface area contributed by atoms with Gasteiger partial charge in [0.1, 0.15) is 0 Å². The SMILES string of the molecule is O=C(O)C(F)(F)F.O=C(O)C(F)(F)F.c1ccc(CO[C@H]2CO[C@@]3(CCN(Cc4ccccn4)C3)C2)nc1. The van der Waals surface area contributed by atoms with Gasteiger partial charge in [-0.1, -0.05) is 12.1 Å². The third kappa shape index (κ3) is 10.6. The van der Waals surface area contributed by atoms with E-state index in [4.69, 9.17) is 29.3 Å². The Morgan fingerprint density at radius 1 is 0.974 bits per heavy atom. The first-order valence-electron chi connectivity index (χ1n) is 11.1. The van der Waals surface area contributed by atoms with Crippen molar-refractivity contribution in [1.29, 1.82) is 0 Å². The summed E-state index contributed by atoms with van der Waals surface area (Å²) >= 11 is 0. The molecule has 1 spiro atoms. The highest BCUT2D eigenvalue weighted by Crippen LogP contribution is 2.36. The Kier molecular flexibility index (Phi) is 11.0. The van der Waals surface area contributed by atoms with Crippen molar-refractivity contribution >= 4 is 11.9 Å². The van der Waals surface area contributed by atoms with E-state index < -0.39 is 24.3 Å². The zero-order valence-corrected chi connectivity index (χ0v) is 19.8. The van der Waals surface area contributed by atoms with Gasteiger partial charge in [-0.3, -0.25) is 14.9 Å². The summed E-state index contributed by atoms with van der Waals surface area (Å²) in [4.78, 5) is 29.0. The van der Waals surface area contributed by atoms with Crippen LogP contribution in [0.25, 0.3) is 0 Å². The number of pyridine rings is 2. The molecule has 2 aromatic heterocycles. The van der Waals surface area contributed by atoms with Crippen LogP contribution in [0.2, 0.25) is 0 Å². The highest BCUT2D eigenvalue weighted by atomic mass is 19.4. The van der Waals surface area contributed by atoms with Crippen LogP contribution in [-0.2, 0) is 32.2 Å². The number of halogens is 6. The minimum Gasteiger partial charge on any atom is -0.475 e. The average Bonchev–Trinajstić information content (AvgIpc) is 3.44. The molecule has 0 unspecified atom stereocenters. The van der Waals surface area contributed by atoms with E-state index in [2.05, 4.69) is 20.9 Å². The zero-order chi connectivity index (χ0) is 28.4. The molecule has 4 rings (SSSR count). The third-order valence-corrected chi connectivity index (χ3v) is 5.36. The number of aliphatic carboxylic acids is 2. The molecule has 2 saturated heterocycles. The molecule has 2 aliphatic rings. The Labute approximate surface area is 213 Å². The van der Waals surface area contributed by atoms with Crippen LogP contribution >= 0.6 is 0 Å². The predicted molar refractivity (Wildman–Crippen MR) is 118 cm³/mol. The molecule has 2 N–H and O–H groups in total. The fourth-order valence-electron chi connectivity index (χ4n) is 3.66. The van der Waals surface area contributed by atoms with Gasteiger partial charge in [-0.2, -0.15) is 26.3 Å². The molecule has 0 saturated carbocycles. The molecule has 2 atom stereocenters. The standard InChI is InChI=1S/C19H23N3O2.2C2HF3O2/c1-3-8-20-16(5-1)12-22-10-7-19(15-22)11-18(14-24-19)23-13-17-6-2-4-9-21-17;2*3-2(4,5)1(6)7/h1-6,8-9,18H,7,10-15H2;2*(H,6,7)/t18-,19+;;/m1../s1. The van der Waals surface area contributed by atoms with Gasteiger partial charge in [0.05, 0.1) is 36.3 Å². The Balaban J connectivity index is 0.000000301. The molecule has 0 aliphatic carbocycles. The van der Waals surface area contributed by atoms with E-state index in [1.54, 1.807) is 6.20 Å². The quantitative estimate of drug-likeness (QED) is 0.534. The van der Waals surface area contributed by atoms with Crippen LogP contribution in [0.3, 0.4) is 0 Å². The number of rotatable bonds is 5. The van der Waals surface area contributed by atoms with Gasteiger partial charge in [0.25, 0.3) is 0 Å². The molecule has 0 radical (unpaired) electrons. The van der Waals surface area contributed by atoms with E-state index in [1.807, 2.05) is 36.5 Å². The van der Waals surface area contributed by atoms with Gasteiger partial charge in [-0.15, -0.1) is 0 Å². The number of alkyl halides is 6. The summed E-state index contributed by atoms with van der Waals surface area (Å²) in [6.07, 6.45) is -4.30. The lowest BCUT2D eigenvalue weighted by atomic mass is 9.98.